The molecule has 0 radical (unpaired) electrons. The molecule has 0 saturated heterocycles. The van der Waals surface area contributed by atoms with Gasteiger partial charge in [0.05, 0.1) is 16.4 Å². The van der Waals surface area contributed by atoms with Gasteiger partial charge in [-0.25, -0.2) is 8.42 Å². The Morgan fingerprint density at radius 3 is 2.32 bits per heavy atom. The second-order valence-electron chi connectivity index (χ2n) is 5.34. The van der Waals surface area contributed by atoms with Gasteiger partial charge in [0, 0.05) is 11.8 Å². The zero-order chi connectivity index (χ0) is 16.7. The van der Waals surface area contributed by atoms with E-state index in [-0.39, 0.29) is 11.5 Å². The van der Waals surface area contributed by atoms with E-state index in [4.69, 9.17) is 0 Å². The van der Waals surface area contributed by atoms with E-state index in [0.29, 0.717) is 31.3 Å². The second kappa shape index (κ2) is 5.49. The highest BCUT2D eigenvalue weighted by Crippen LogP contribution is 2.39. The van der Waals surface area contributed by atoms with E-state index in [1.54, 1.807) is 0 Å². The van der Waals surface area contributed by atoms with Crippen LogP contribution in [0.2, 0.25) is 0 Å². The molecule has 0 aliphatic heterocycles. The van der Waals surface area contributed by atoms with Crippen LogP contribution in [0.1, 0.15) is 28.8 Å². The number of halogens is 3. The molecular formula is C14H13F3O4S. The molecule has 22 heavy (non-hydrogen) atoms. The normalized spacial score (nSPS) is 17.1. The van der Waals surface area contributed by atoms with Gasteiger partial charge in [-0.2, -0.15) is 13.2 Å². The smallest absolute Gasteiger partial charge is 0.303 e. The lowest BCUT2D eigenvalue weighted by Gasteiger charge is -2.14. The third-order valence-electron chi connectivity index (χ3n) is 3.55. The Kier molecular flexibility index (Phi) is 4.16. The summed E-state index contributed by atoms with van der Waals surface area (Å²) < 4.78 is 61.6. The molecule has 1 aromatic rings. The Bertz CT molecular complexity index is 718. The monoisotopic (exact) mass is 334 g/mol. The Morgan fingerprint density at radius 2 is 1.91 bits per heavy atom. The molecule has 0 heterocycles. The van der Waals surface area contributed by atoms with Gasteiger partial charge in [0.1, 0.15) is 6.29 Å². The van der Waals surface area contributed by atoms with E-state index in [1.165, 1.54) is 0 Å². The van der Waals surface area contributed by atoms with Crippen molar-refractivity contribution in [2.75, 3.05) is 6.26 Å². The van der Waals surface area contributed by atoms with Gasteiger partial charge in [-0.3, -0.25) is 4.79 Å². The fraction of sp³-hybridized carbons (Fsp3) is 0.429. The fourth-order valence-corrected chi connectivity index (χ4v) is 3.14. The maximum Gasteiger partial charge on any atom is 0.416 e. The summed E-state index contributed by atoms with van der Waals surface area (Å²) >= 11 is 0. The van der Waals surface area contributed by atoms with Gasteiger partial charge >= 0.3 is 6.18 Å². The lowest BCUT2D eigenvalue weighted by atomic mass is 9.94. The minimum atomic E-state index is -4.72. The van der Waals surface area contributed by atoms with E-state index in [2.05, 4.69) is 0 Å². The summed E-state index contributed by atoms with van der Waals surface area (Å²) in [5.74, 6) is -1.90. The van der Waals surface area contributed by atoms with Crippen LogP contribution in [-0.4, -0.2) is 26.7 Å². The van der Waals surface area contributed by atoms with Crippen LogP contribution in [0.3, 0.4) is 0 Å². The van der Waals surface area contributed by atoms with E-state index in [9.17, 15) is 31.2 Å². The molecule has 1 aromatic carbocycles. The van der Waals surface area contributed by atoms with Crippen molar-refractivity contribution in [1.82, 2.24) is 0 Å². The van der Waals surface area contributed by atoms with Crippen molar-refractivity contribution >= 4 is 21.9 Å². The molecule has 0 N–H and O–H groups in total. The van der Waals surface area contributed by atoms with Crippen LogP contribution >= 0.6 is 0 Å². The quantitative estimate of drug-likeness (QED) is 0.471. The molecule has 1 atom stereocenters. The second-order valence-corrected chi connectivity index (χ2v) is 7.33. The molecule has 4 nitrogen and oxygen atoms in total. The topological polar surface area (TPSA) is 68.3 Å². The Balaban J connectivity index is 2.56. The molecule has 0 bridgehead atoms. The average molecular weight is 334 g/mol. The van der Waals surface area contributed by atoms with E-state index in [0.717, 1.165) is 12.3 Å². The first-order valence-electron chi connectivity index (χ1n) is 6.46. The number of ketones is 1. The van der Waals surface area contributed by atoms with Crippen molar-refractivity contribution in [3.63, 3.8) is 0 Å². The summed E-state index contributed by atoms with van der Waals surface area (Å²) in [6.07, 6.45) is -2.22. The predicted molar refractivity (Wildman–Crippen MR) is 71.2 cm³/mol. The predicted octanol–water partition coefficient (Wildman–Crippen LogP) is 2.52. The molecule has 120 valence electrons. The number of Topliss-reactive ketones (excluding diaryl/α,β-unsaturated/α-hetero) is 1. The summed E-state index contributed by atoms with van der Waals surface area (Å²) in [6.45, 7) is 0. The first-order chi connectivity index (χ1) is 10.1. The van der Waals surface area contributed by atoms with Crippen LogP contribution in [0.25, 0.3) is 0 Å². The maximum atomic E-state index is 12.7. The number of aldehydes is 1. The molecule has 1 saturated carbocycles. The first kappa shape index (κ1) is 16.7. The number of rotatable bonds is 5. The number of hydrogen-bond acceptors (Lipinski definition) is 4. The van der Waals surface area contributed by atoms with Gasteiger partial charge in [-0.1, -0.05) is 0 Å². The number of hydrogen-bond donors (Lipinski definition) is 0. The van der Waals surface area contributed by atoms with Gasteiger partial charge in [0.15, 0.2) is 15.6 Å². The third-order valence-corrected chi connectivity index (χ3v) is 4.69. The van der Waals surface area contributed by atoms with Crippen LogP contribution in [0.5, 0.6) is 0 Å². The number of carbonyl (C=O) groups is 2. The van der Waals surface area contributed by atoms with Crippen LogP contribution in [0.15, 0.2) is 23.1 Å². The molecule has 8 heteroatoms. The lowest BCUT2D eigenvalue weighted by Crippen LogP contribution is -2.21. The van der Waals surface area contributed by atoms with Crippen molar-refractivity contribution in [3.8, 4) is 0 Å². The van der Waals surface area contributed by atoms with E-state index >= 15 is 0 Å². The largest absolute Gasteiger partial charge is 0.416 e. The molecule has 1 fully saturated rings. The van der Waals surface area contributed by atoms with Crippen molar-refractivity contribution in [3.05, 3.63) is 29.3 Å². The summed E-state index contributed by atoms with van der Waals surface area (Å²) in [6, 6.07) is 1.93. The molecule has 1 aliphatic carbocycles. The molecular weight excluding hydrogens is 321 g/mol. The van der Waals surface area contributed by atoms with Crippen LogP contribution < -0.4 is 0 Å². The maximum absolute atomic E-state index is 12.7. The zero-order valence-electron chi connectivity index (χ0n) is 11.6. The minimum Gasteiger partial charge on any atom is -0.303 e. The number of benzene rings is 1. The zero-order valence-corrected chi connectivity index (χ0v) is 12.4. The minimum absolute atomic E-state index is 0.153. The van der Waals surface area contributed by atoms with Crippen molar-refractivity contribution in [1.29, 1.82) is 0 Å². The summed E-state index contributed by atoms with van der Waals surface area (Å²) in [5.41, 5.74) is -1.52. The molecule has 1 aliphatic rings. The molecule has 2 rings (SSSR count). The number of carbonyl (C=O) groups excluding carboxylic acids is 2. The molecule has 0 spiro atoms. The van der Waals surface area contributed by atoms with Crippen LogP contribution in [0.4, 0.5) is 13.2 Å². The van der Waals surface area contributed by atoms with Crippen molar-refractivity contribution in [2.24, 2.45) is 11.8 Å². The standard InChI is InChI=1S/C14H13F3O4S/c1-22(20,21)12-6-9(14(15,16)17)4-5-10(12)13(19)11(7-18)8-2-3-8/h4-8,11H,2-3H2,1H3. The summed E-state index contributed by atoms with van der Waals surface area (Å²) in [5, 5.41) is 0. The Hall–Kier alpha value is -1.70. The summed E-state index contributed by atoms with van der Waals surface area (Å²) in [4.78, 5) is 22.7. The highest BCUT2D eigenvalue weighted by Gasteiger charge is 2.39. The fourth-order valence-electron chi connectivity index (χ4n) is 2.23. The molecule has 0 amide bonds. The van der Waals surface area contributed by atoms with Crippen LogP contribution in [0, 0.1) is 11.8 Å². The highest BCUT2D eigenvalue weighted by atomic mass is 32.2. The van der Waals surface area contributed by atoms with Crippen molar-refractivity contribution in [2.45, 2.75) is 23.9 Å². The van der Waals surface area contributed by atoms with Crippen molar-refractivity contribution < 1.29 is 31.2 Å². The van der Waals surface area contributed by atoms with Gasteiger partial charge in [0.2, 0.25) is 0 Å². The van der Waals surface area contributed by atoms with Crippen LogP contribution in [-0.2, 0) is 20.8 Å². The molecule has 0 aromatic heterocycles. The Labute approximate surface area is 125 Å². The third kappa shape index (κ3) is 3.37. The van der Waals surface area contributed by atoms with Gasteiger partial charge in [-0.05, 0) is 37.0 Å². The van der Waals surface area contributed by atoms with Gasteiger partial charge in [-0.15, -0.1) is 0 Å². The Morgan fingerprint density at radius 1 is 1.32 bits per heavy atom. The first-order valence-corrected chi connectivity index (χ1v) is 8.35. The average Bonchev–Trinajstić information content (AvgIpc) is 3.21. The SMILES string of the molecule is CS(=O)(=O)c1cc(C(F)(F)F)ccc1C(=O)C(C=O)C1CC1. The number of sulfone groups is 1. The van der Waals surface area contributed by atoms with Gasteiger partial charge < -0.3 is 4.79 Å². The van der Waals surface area contributed by atoms with E-state index in [1.807, 2.05) is 0 Å². The van der Waals surface area contributed by atoms with Gasteiger partial charge in [0.25, 0.3) is 0 Å². The summed E-state index contributed by atoms with van der Waals surface area (Å²) in [7, 11) is -4.05. The molecule has 1 unspecified atom stereocenters. The highest BCUT2D eigenvalue weighted by molar-refractivity contribution is 7.90. The van der Waals surface area contributed by atoms with E-state index < -0.39 is 38.2 Å². The lowest BCUT2D eigenvalue weighted by molar-refractivity contribution is -0.137. The number of alkyl halides is 3.